The minimum Gasteiger partial charge on any atom is -0.497 e. The number of ether oxygens (including phenoxy) is 1. The van der Waals surface area contributed by atoms with Crippen LogP contribution in [0.4, 0.5) is 0 Å². The van der Waals surface area contributed by atoms with Crippen LogP contribution in [-0.4, -0.2) is 27.0 Å². The molecule has 3 nitrogen and oxygen atoms in total. The summed E-state index contributed by atoms with van der Waals surface area (Å²) in [4.78, 5) is 10.4. The molecule has 0 spiro atoms. The summed E-state index contributed by atoms with van der Waals surface area (Å²) < 4.78 is 4.98. The van der Waals surface area contributed by atoms with Gasteiger partial charge in [0.1, 0.15) is 12.0 Å². The molecule has 1 rings (SSSR count). The van der Waals surface area contributed by atoms with Crippen molar-refractivity contribution in [2.24, 2.45) is 0 Å². The van der Waals surface area contributed by atoms with E-state index in [4.69, 9.17) is 11.2 Å². The number of nitrogens with one attached hydrogen (secondary N) is 1. The lowest BCUT2D eigenvalue weighted by Gasteiger charge is -2.01. The highest BCUT2D eigenvalue weighted by Crippen LogP contribution is 2.14. The number of aldehydes is 1. The molecule has 0 saturated carbocycles. The zero-order chi connectivity index (χ0) is 16.4. The molecule has 0 aliphatic carbocycles. The lowest BCUT2D eigenvalue weighted by atomic mass is 10.1. The Kier molecular flexibility index (Phi) is 22.8. The van der Waals surface area contributed by atoms with Crippen LogP contribution in [0.1, 0.15) is 43.6 Å². The summed E-state index contributed by atoms with van der Waals surface area (Å²) in [6, 6.07) is 5.36. The topological polar surface area (TPSA) is 38.3 Å². The van der Waals surface area contributed by atoms with Crippen LogP contribution in [0.15, 0.2) is 18.2 Å². The number of aryl methyl sites for hydroxylation is 1. The van der Waals surface area contributed by atoms with Crippen LogP contribution in [-0.2, 0) is 0 Å². The van der Waals surface area contributed by atoms with Gasteiger partial charge in [0.05, 0.1) is 13.7 Å². The van der Waals surface area contributed by atoms with Crippen molar-refractivity contribution in [2.45, 2.75) is 34.6 Å². The second-order valence-electron chi connectivity index (χ2n) is 3.07. The van der Waals surface area contributed by atoms with E-state index in [0.29, 0.717) is 12.1 Å². The van der Waals surface area contributed by atoms with E-state index in [9.17, 15) is 4.79 Å². The monoisotopic (exact) mass is 279 g/mol. The van der Waals surface area contributed by atoms with Crippen LogP contribution in [0, 0.1) is 19.3 Å². The molecule has 0 fully saturated rings. The Hall–Kier alpha value is -1.79. The van der Waals surface area contributed by atoms with Crippen molar-refractivity contribution in [1.29, 1.82) is 0 Å². The Balaban J connectivity index is -0.000000272. The smallest absolute Gasteiger partial charge is 0.150 e. The van der Waals surface area contributed by atoms with Crippen molar-refractivity contribution in [1.82, 2.24) is 5.32 Å². The molecule has 0 aliphatic heterocycles. The highest BCUT2D eigenvalue weighted by molar-refractivity contribution is 5.77. The lowest BCUT2D eigenvalue weighted by Crippen LogP contribution is -2.03. The maximum atomic E-state index is 10.4. The van der Waals surface area contributed by atoms with Gasteiger partial charge in [-0.3, -0.25) is 4.79 Å². The van der Waals surface area contributed by atoms with Crippen molar-refractivity contribution in [3.8, 4) is 18.1 Å². The minimum atomic E-state index is 0.667. The van der Waals surface area contributed by atoms with Crippen molar-refractivity contribution < 1.29 is 9.53 Å². The molecular weight excluding hydrogens is 250 g/mol. The van der Waals surface area contributed by atoms with E-state index >= 15 is 0 Å². The fourth-order valence-electron chi connectivity index (χ4n) is 1.01. The van der Waals surface area contributed by atoms with Gasteiger partial charge in [0.2, 0.25) is 0 Å². The minimum absolute atomic E-state index is 0.667. The average molecular weight is 279 g/mol. The van der Waals surface area contributed by atoms with E-state index in [0.717, 1.165) is 17.6 Å². The number of benzene rings is 1. The van der Waals surface area contributed by atoms with E-state index in [1.54, 1.807) is 19.2 Å². The van der Waals surface area contributed by atoms with Gasteiger partial charge in [-0.2, -0.15) is 0 Å². The van der Waals surface area contributed by atoms with Gasteiger partial charge in [-0.25, -0.2) is 0 Å². The summed E-state index contributed by atoms with van der Waals surface area (Å²) in [5.74, 6) is 3.19. The van der Waals surface area contributed by atoms with Gasteiger partial charge in [-0.05, 0) is 37.7 Å². The molecule has 0 aromatic heterocycles. The summed E-state index contributed by atoms with van der Waals surface area (Å²) in [5.41, 5.74) is 1.66. The third-order valence-electron chi connectivity index (χ3n) is 1.88. The van der Waals surface area contributed by atoms with Crippen molar-refractivity contribution >= 4 is 6.29 Å². The largest absolute Gasteiger partial charge is 0.497 e. The molecule has 0 saturated heterocycles. The van der Waals surface area contributed by atoms with E-state index in [1.165, 1.54) is 0 Å². The first-order valence-corrected chi connectivity index (χ1v) is 6.87. The van der Waals surface area contributed by atoms with Crippen molar-refractivity contribution in [3.05, 3.63) is 29.3 Å². The molecule has 1 aromatic rings. The SMILES string of the molecule is C#CCNC.CC.CC.COc1ccc(C=O)c(C)c1. The second-order valence-corrected chi connectivity index (χ2v) is 3.07. The summed E-state index contributed by atoms with van der Waals surface area (Å²) in [7, 11) is 3.43. The fourth-order valence-corrected chi connectivity index (χ4v) is 1.01. The van der Waals surface area contributed by atoms with Gasteiger partial charge in [0, 0.05) is 5.56 Å². The second kappa shape index (κ2) is 19.5. The zero-order valence-corrected chi connectivity index (χ0v) is 13.9. The molecule has 114 valence electrons. The summed E-state index contributed by atoms with van der Waals surface area (Å²) in [6.07, 6.45) is 5.67. The Morgan fingerprint density at radius 1 is 1.30 bits per heavy atom. The highest BCUT2D eigenvalue weighted by Gasteiger charge is 1.97. The molecule has 20 heavy (non-hydrogen) atoms. The van der Waals surface area contributed by atoms with Gasteiger partial charge < -0.3 is 10.1 Å². The third-order valence-corrected chi connectivity index (χ3v) is 1.88. The maximum Gasteiger partial charge on any atom is 0.150 e. The Morgan fingerprint density at radius 3 is 2.10 bits per heavy atom. The third kappa shape index (κ3) is 12.7. The standard InChI is InChI=1S/C9H10O2.C4H7N.2C2H6/c1-7-5-9(11-2)4-3-8(7)6-10;1-3-4-5-2;2*1-2/h3-6H,1-2H3;1,5H,4H2,2H3;2*1-2H3. The molecule has 0 radical (unpaired) electrons. The lowest BCUT2D eigenvalue weighted by molar-refractivity contribution is 0.112. The van der Waals surface area contributed by atoms with E-state index in [2.05, 4.69) is 11.2 Å². The van der Waals surface area contributed by atoms with Crippen LogP contribution < -0.4 is 10.1 Å². The number of carbonyl (C=O) groups excluding carboxylic acids is 1. The first-order valence-electron chi connectivity index (χ1n) is 6.87. The van der Waals surface area contributed by atoms with Crippen LogP contribution in [0.2, 0.25) is 0 Å². The van der Waals surface area contributed by atoms with Gasteiger partial charge in [-0.15, -0.1) is 6.42 Å². The summed E-state index contributed by atoms with van der Waals surface area (Å²) in [5, 5.41) is 2.78. The number of hydrogen-bond donors (Lipinski definition) is 1. The molecule has 0 heterocycles. The fraction of sp³-hybridized carbons (Fsp3) is 0.471. The average Bonchev–Trinajstić information content (AvgIpc) is 2.52. The van der Waals surface area contributed by atoms with Crippen LogP contribution in [0.3, 0.4) is 0 Å². The molecule has 3 heteroatoms. The van der Waals surface area contributed by atoms with Crippen molar-refractivity contribution in [2.75, 3.05) is 20.7 Å². The van der Waals surface area contributed by atoms with E-state index < -0.39 is 0 Å². The molecule has 1 aromatic carbocycles. The van der Waals surface area contributed by atoms with Gasteiger partial charge in [0.25, 0.3) is 0 Å². The number of methoxy groups -OCH3 is 1. The zero-order valence-electron chi connectivity index (χ0n) is 13.9. The molecule has 0 aliphatic rings. The quantitative estimate of drug-likeness (QED) is 0.677. The number of carbonyl (C=O) groups is 1. The summed E-state index contributed by atoms with van der Waals surface area (Å²) in [6.45, 7) is 10.5. The van der Waals surface area contributed by atoms with Crippen LogP contribution in [0.25, 0.3) is 0 Å². The van der Waals surface area contributed by atoms with Gasteiger partial charge in [-0.1, -0.05) is 33.6 Å². The van der Waals surface area contributed by atoms with Crippen LogP contribution >= 0.6 is 0 Å². The number of hydrogen-bond acceptors (Lipinski definition) is 3. The van der Waals surface area contributed by atoms with Gasteiger partial charge >= 0.3 is 0 Å². The molecule has 0 bridgehead atoms. The number of rotatable bonds is 3. The normalized spacial score (nSPS) is 7.30. The number of terminal acetylenes is 1. The Bertz CT molecular complexity index is 368. The predicted octanol–water partition coefficient (Wildman–Crippen LogP) is 3.71. The first kappa shape index (κ1) is 23.3. The van der Waals surface area contributed by atoms with E-state index in [1.807, 2.05) is 47.7 Å². The summed E-state index contributed by atoms with van der Waals surface area (Å²) >= 11 is 0. The van der Waals surface area contributed by atoms with Gasteiger partial charge in [0.15, 0.2) is 0 Å². The van der Waals surface area contributed by atoms with Crippen molar-refractivity contribution in [3.63, 3.8) is 0 Å². The Morgan fingerprint density at radius 2 is 1.85 bits per heavy atom. The van der Waals surface area contributed by atoms with Crippen LogP contribution in [0.5, 0.6) is 5.75 Å². The molecule has 0 atom stereocenters. The predicted molar refractivity (Wildman–Crippen MR) is 88.6 cm³/mol. The van der Waals surface area contributed by atoms with E-state index in [-0.39, 0.29) is 0 Å². The molecule has 0 amide bonds. The highest BCUT2D eigenvalue weighted by atomic mass is 16.5. The maximum absolute atomic E-state index is 10.4. The molecule has 0 unspecified atom stereocenters. The molecule has 1 N–H and O–H groups in total. The Labute approximate surface area is 124 Å². The first-order chi connectivity index (χ1) is 9.69. The molecular formula is C17H29NO2.